The summed E-state index contributed by atoms with van der Waals surface area (Å²) in [4.78, 5) is 6.29. The van der Waals surface area contributed by atoms with Crippen LogP contribution in [-0.2, 0) is 0 Å². The Morgan fingerprint density at radius 3 is 2.59 bits per heavy atom. The fraction of sp³-hybridized carbons (Fsp3) is 0.538. The first-order valence-corrected chi connectivity index (χ1v) is 5.70. The molecule has 1 N–H and O–H groups in total. The lowest BCUT2D eigenvalue weighted by Crippen LogP contribution is -2.40. The van der Waals surface area contributed by atoms with E-state index in [-0.39, 0.29) is 5.41 Å². The molecule has 1 atom stereocenters. The van der Waals surface area contributed by atoms with Gasteiger partial charge < -0.3 is 10.0 Å². The normalized spacial score (nSPS) is 26.9. The van der Waals surface area contributed by atoms with Crippen LogP contribution in [-0.4, -0.2) is 28.8 Å². The Morgan fingerprint density at radius 1 is 1.35 bits per heavy atom. The van der Waals surface area contributed by atoms with E-state index in [1.54, 1.807) is 6.07 Å². The SMILES string of the molecule is CC1(C)CN(c2cccc(C#N)n2)C[C@]1(C)O. The number of aliphatic hydroxyl groups is 1. The van der Waals surface area contributed by atoms with Crippen molar-refractivity contribution in [2.45, 2.75) is 26.4 Å². The van der Waals surface area contributed by atoms with E-state index in [2.05, 4.69) is 4.98 Å². The van der Waals surface area contributed by atoms with Gasteiger partial charge in [0.15, 0.2) is 0 Å². The summed E-state index contributed by atoms with van der Waals surface area (Å²) in [5.41, 5.74) is -0.513. The Bertz CT molecular complexity index is 458. The Hall–Kier alpha value is -1.60. The van der Waals surface area contributed by atoms with Gasteiger partial charge in [-0.05, 0) is 19.1 Å². The van der Waals surface area contributed by atoms with Crippen LogP contribution >= 0.6 is 0 Å². The van der Waals surface area contributed by atoms with Crippen LogP contribution in [0.2, 0.25) is 0 Å². The third-order valence-electron chi connectivity index (χ3n) is 3.72. The number of pyridine rings is 1. The first kappa shape index (κ1) is 11.9. The number of aromatic nitrogens is 1. The van der Waals surface area contributed by atoms with Gasteiger partial charge in [-0.2, -0.15) is 5.26 Å². The average Bonchev–Trinajstić information content (AvgIpc) is 2.48. The van der Waals surface area contributed by atoms with Crippen LogP contribution in [0.4, 0.5) is 5.82 Å². The molecular weight excluding hydrogens is 214 g/mol. The van der Waals surface area contributed by atoms with E-state index in [0.29, 0.717) is 12.2 Å². The second-order valence-corrected chi connectivity index (χ2v) is 5.51. The third-order valence-corrected chi connectivity index (χ3v) is 3.72. The molecule has 1 aliphatic heterocycles. The topological polar surface area (TPSA) is 60.2 Å². The van der Waals surface area contributed by atoms with Gasteiger partial charge in [-0.25, -0.2) is 4.98 Å². The molecule has 0 bridgehead atoms. The molecule has 90 valence electrons. The molecule has 0 saturated carbocycles. The van der Waals surface area contributed by atoms with Crippen molar-refractivity contribution in [1.29, 1.82) is 5.26 Å². The number of anilines is 1. The molecule has 0 aromatic carbocycles. The molecule has 4 nitrogen and oxygen atoms in total. The summed E-state index contributed by atoms with van der Waals surface area (Å²) < 4.78 is 0. The second-order valence-electron chi connectivity index (χ2n) is 5.51. The van der Waals surface area contributed by atoms with Crippen LogP contribution < -0.4 is 4.90 Å². The van der Waals surface area contributed by atoms with Gasteiger partial charge in [0.1, 0.15) is 17.6 Å². The molecule has 1 aliphatic rings. The van der Waals surface area contributed by atoms with Crippen molar-refractivity contribution in [1.82, 2.24) is 4.98 Å². The van der Waals surface area contributed by atoms with E-state index in [4.69, 9.17) is 5.26 Å². The predicted molar refractivity (Wildman–Crippen MR) is 65.6 cm³/mol. The number of hydrogen-bond donors (Lipinski definition) is 1. The van der Waals surface area contributed by atoms with E-state index in [0.717, 1.165) is 12.4 Å². The summed E-state index contributed by atoms with van der Waals surface area (Å²) >= 11 is 0. The van der Waals surface area contributed by atoms with E-state index in [9.17, 15) is 5.11 Å². The maximum Gasteiger partial charge on any atom is 0.142 e. The first-order chi connectivity index (χ1) is 7.86. The highest BCUT2D eigenvalue weighted by Gasteiger charge is 2.48. The Morgan fingerprint density at radius 2 is 2.06 bits per heavy atom. The molecule has 0 radical (unpaired) electrons. The Kier molecular flexibility index (Phi) is 2.59. The van der Waals surface area contributed by atoms with E-state index < -0.39 is 5.60 Å². The first-order valence-electron chi connectivity index (χ1n) is 5.70. The maximum absolute atomic E-state index is 10.3. The van der Waals surface area contributed by atoms with Crippen LogP contribution in [0, 0.1) is 16.7 Å². The zero-order valence-corrected chi connectivity index (χ0v) is 10.4. The second kappa shape index (κ2) is 3.71. The third kappa shape index (κ3) is 1.98. The van der Waals surface area contributed by atoms with Crippen molar-refractivity contribution in [2.24, 2.45) is 5.41 Å². The van der Waals surface area contributed by atoms with E-state index in [1.165, 1.54) is 0 Å². The number of nitriles is 1. The number of β-amino-alcohol motifs (C(OH)–C–C–N with tert-alkyl or cyclic N) is 1. The summed E-state index contributed by atoms with van der Waals surface area (Å²) in [7, 11) is 0. The summed E-state index contributed by atoms with van der Waals surface area (Å²) in [6.45, 7) is 7.22. The van der Waals surface area contributed by atoms with Gasteiger partial charge in [0, 0.05) is 18.5 Å². The minimum absolute atomic E-state index is 0.183. The highest BCUT2D eigenvalue weighted by Crippen LogP contribution is 2.39. The van der Waals surface area contributed by atoms with Crippen molar-refractivity contribution >= 4 is 5.82 Å². The van der Waals surface area contributed by atoms with Crippen LogP contribution in [0.5, 0.6) is 0 Å². The van der Waals surface area contributed by atoms with Gasteiger partial charge >= 0.3 is 0 Å². The molecule has 4 heteroatoms. The largest absolute Gasteiger partial charge is 0.388 e. The van der Waals surface area contributed by atoms with Gasteiger partial charge in [0.2, 0.25) is 0 Å². The lowest BCUT2D eigenvalue weighted by atomic mass is 9.79. The maximum atomic E-state index is 10.3. The molecule has 0 unspecified atom stereocenters. The molecule has 0 aliphatic carbocycles. The smallest absolute Gasteiger partial charge is 0.142 e. The zero-order valence-electron chi connectivity index (χ0n) is 10.4. The van der Waals surface area contributed by atoms with Crippen LogP contribution in [0.3, 0.4) is 0 Å². The molecular formula is C13H17N3O. The number of hydrogen-bond acceptors (Lipinski definition) is 4. The fourth-order valence-electron chi connectivity index (χ4n) is 2.11. The summed E-state index contributed by atoms with van der Waals surface area (Å²) in [6.07, 6.45) is 0. The van der Waals surface area contributed by atoms with Crippen LogP contribution in [0.1, 0.15) is 26.5 Å². The summed E-state index contributed by atoms with van der Waals surface area (Å²) in [6, 6.07) is 7.41. The van der Waals surface area contributed by atoms with Crippen molar-refractivity contribution in [3.63, 3.8) is 0 Å². The van der Waals surface area contributed by atoms with E-state index >= 15 is 0 Å². The molecule has 0 spiro atoms. The van der Waals surface area contributed by atoms with Gasteiger partial charge in [-0.15, -0.1) is 0 Å². The fourth-order valence-corrected chi connectivity index (χ4v) is 2.11. The highest BCUT2D eigenvalue weighted by atomic mass is 16.3. The van der Waals surface area contributed by atoms with Gasteiger partial charge in [-0.1, -0.05) is 19.9 Å². The van der Waals surface area contributed by atoms with Gasteiger partial charge in [0.25, 0.3) is 0 Å². The number of rotatable bonds is 1. The van der Waals surface area contributed by atoms with Crippen molar-refractivity contribution < 1.29 is 5.11 Å². The van der Waals surface area contributed by atoms with Gasteiger partial charge in [-0.3, -0.25) is 0 Å². The zero-order chi connectivity index (χ0) is 12.7. The summed E-state index contributed by atoms with van der Waals surface area (Å²) in [5, 5.41) is 19.2. The van der Waals surface area contributed by atoms with Crippen molar-refractivity contribution in [3.8, 4) is 6.07 Å². The molecule has 2 rings (SSSR count). The standard InChI is InChI=1S/C13H17N3O/c1-12(2)8-16(9-13(12,3)17)11-6-4-5-10(7-14)15-11/h4-6,17H,8-9H2,1-3H3/t13-/m0/s1. The summed E-state index contributed by atoms with van der Waals surface area (Å²) in [5.74, 6) is 0.759. The van der Waals surface area contributed by atoms with Crippen molar-refractivity contribution in [3.05, 3.63) is 23.9 Å². The Labute approximate surface area is 102 Å². The molecule has 1 aromatic rings. The lowest BCUT2D eigenvalue weighted by Gasteiger charge is -2.30. The predicted octanol–water partition coefficient (Wildman–Crippen LogP) is 1.55. The molecule has 1 aromatic heterocycles. The van der Waals surface area contributed by atoms with Crippen LogP contribution in [0.25, 0.3) is 0 Å². The Balaban J connectivity index is 2.29. The van der Waals surface area contributed by atoms with Crippen LogP contribution in [0.15, 0.2) is 18.2 Å². The average molecular weight is 231 g/mol. The molecule has 1 saturated heterocycles. The number of nitrogens with zero attached hydrogens (tertiary/aromatic N) is 3. The molecule has 2 heterocycles. The highest BCUT2D eigenvalue weighted by molar-refractivity contribution is 5.44. The quantitative estimate of drug-likeness (QED) is 0.796. The molecule has 0 amide bonds. The van der Waals surface area contributed by atoms with Crippen molar-refractivity contribution in [2.75, 3.05) is 18.0 Å². The van der Waals surface area contributed by atoms with E-state index in [1.807, 2.05) is 43.9 Å². The molecule has 17 heavy (non-hydrogen) atoms. The minimum atomic E-state index is -0.739. The monoisotopic (exact) mass is 231 g/mol. The van der Waals surface area contributed by atoms with Gasteiger partial charge in [0.05, 0.1) is 5.60 Å². The lowest BCUT2D eigenvalue weighted by molar-refractivity contribution is -0.00891. The molecule has 1 fully saturated rings. The minimum Gasteiger partial charge on any atom is -0.388 e.